The monoisotopic (exact) mass is 222 g/mol. The second-order valence-electron chi connectivity index (χ2n) is 3.24. The summed E-state index contributed by atoms with van der Waals surface area (Å²) in [6.45, 7) is 0. The largest absolute Gasteiger partial charge is 0.294 e. The van der Waals surface area contributed by atoms with Crippen molar-refractivity contribution < 1.29 is 9.59 Å². The minimum absolute atomic E-state index is 0.219. The lowest BCUT2D eigenvalue weighted by atomic mass is 10.1. The zero-order valence-corrected chi connectivity index (χ0v) is 8.69. The van der Waals surface area contributed by atoms with Crippen molar-refractivity contribution >= 4 is 11.8 Å². The molecule has 1 rings (SSSR count). The van der Waals surface area contributed by atoms with Gasteiger partial charge in [-0.25, -0.2) is 11.7 Å². The van der Waals surface area contributed by atoms with Crippen molar-refractivity contribution in [2.75, 3.05) is 0 Å². The SMILES string of the molecule is NNC(=O)CCc1ccc(C(=O)NN)cc1. The number of amides is 2. The van der Waals surface area contributed by atoms with Gasteiger partial charge < -0.3 is 0 Å². The topological polar surface area (TPSA) is 110 Å². The predicted octanol–water partition coefficient (Wildman–Crippen LogP) is -0.787. The molecule has 0 aliphatic heterocycles. The van der Waals surface area contributed by atoms with Gasteiger partial charge in [-0.1, -0.05) is 12.1 Å². The standard InChI is InChI=1S/C10H14N4O2/c11-13-9(15)6-3-7-1-4-8(5-2-7)10(16)14-12/h1-2,4-5H,3,6,11-12H2,(H,13,15)(H,14,16). The van der Waals surface area contributed by atoms with Gasteiger partial charge in [0, 0.05) is 12.0 Å². The smallest absolute Gasteiger partial charge is 0.265 e. The fourth-order valence-electron chi connectivity index (χ4n) is 1.24. The van der Waals surface area contributed by atoms with E-state index in [1.165, 1.54) is 0 Å². The molecule has 1 aromatic carbocycles. The van der Waals surface area contributed by atoms with Gasteiger partial charge in [0.1, 0.15) is 0 Å². The average molecular weight is 222 g/mol. The van der Waals surface area contributed by atoms with Crippen LogP contribution in [0.3, 0.4) is 0 Å². The molecule has 2 amide bonds. The van der Waals surface area contributed by atoms with E-state index in [9.17, 15) is 9.59 Å². The zero-order chi connectivity index (χ0) is 12.0. The number of hydrazine groups is 2. The van der Waals surface area contributed by atoms with Crippen LogP contribution in [0.1, 0.15) is 22.3 Å². The molecular formula is C10H14N4O2. The first-order valence-corrected chi connectivity index (χ1v) is 4.76. The molecule has 0 atom stereocenters. The van der Waals surface area contributed by atoms with E-state index in [4.69, 9.17) is 11.7 Å². The molecule has 0 aliphatic carbocycles. The lowest BCUT2D eigenvalue weighted by Crippen LogP contribution is -2.30. The Balaban J connectivity index is 2.58. The van der Waals surface area contributed by atoms with E-state index in [0.29, 0.717) is 18.4 Å². The maximum absolute atomic E-state index is 11.1. The van der Waals surface area contributed by atoms with Crippen LogP contribution in [0.2, 0.25) is 0 Å². The van der Waals surface area contributed by atoms with Gasteiger partial charge in [0.25, 0.3) is 5.91 Å². The Labute approximate surface area is 92.9 Å². The fourth-order valence-corrected chi connectivity index (χ4v) is 1.24. The summed E-state index contributed by atoms with van der Waals surface area (Å²) < 4.78 is 0. The summed E-state index contributed by atoms with van der Waals surface area (Å²) in [4.78, 5) is 22.0. The Morgan fingerprint density at radius 2 is 1.69 bits per heavy atom. The van der Waals surface area contributed by atoms with E-state index >= 15 is 0 Å². The molecule has 0 fully saturated rings. The number of carbonyl (C=O) groups is 2. The first-order chi connectivity index (χ1) is 7.67. The van der Waals surface area contributed by atoms with Crippen LogP contribution in [-0.2, 0) is 11.2 Å². The molecule has 6 heteroatoms. The Morgan fingerprint density at radius 3 is 2.19 bits per heavy atom. The highest BCUT2D eigenvalue weighted by atomic mass is 16.2. The van der Waals surface area contributed by atoms with E-state index in [-0.39, 0.29) is 11.8 Å². The van der Waals surface area contributed by atoms with Crippen LogP contribution in [0.25, 0.3) is 0 Å². The van der Waals surface area contributed by atoms with Crippen molar-refractivity contribution in [2.45, 2.75) is 12.8 Å². The molecule has 16 heavy (non-hydrogen) atoms. The number of nitrogens with two attached hydrogens (primary N) is 2. The van der Waals surface area contributed by atoms with Gasteiger partial charge in [0.2, 0.25) is 5.91 Å². The van der Waals surface area contributed by atoms with Crippen LogP contribution >= 0.6 is 0 Å². The number of benzene rings is 1. The highest BCUT2D eigenvalue weighted by Crippen LogP contribution is 2.06. The van der Waals surface area contributed by atoms with Gasteiger partial charge in [-0.3, -0.25) is 20.4 Å². The summed E-state index contributed by atoms with van der Waals surface area (Å²) in [7, 11) is 0. The van der Waals surface area contributed by atoms with Crippen LogP contribution in [0.15, 0.2) is 24.3 Å². The predicted molar refractivity (Wildman–Crippen MR) is 58.7 cm³/mol. The summed E-state index contributed by atoms with van der Waals surface area (Å²) in [6.07, 6.45) is 0.895. The van der Waals surface area contributed by atoms with Crippen molar-refractivity contribution in [3.05, 3.63) is 35.4 Å². The number of hydrogen-bond acceptors (Lipinski definition) is 4. The van der Waals surface area contributed by atoms with E-state index < -0.39 is 0 Å². The Hall–Kier alpha value is -1.92. The highest BCUT2D eigenvalue weighted by Gasteiger charge is 2.03. The molecule has 0 spiro atoms. The second kappa shape index (κ2) is 5.84. The van der Waals surface area contributed by atoms with Crippen molar-refractivity contribution in [1.82, 2.24) is 10.9 Å². The number of nitrogen functional groups attached to an aromatic ring is 1. The first kappa shape index (κ1) is 12.2. The maximum atomic E-state index is 11.1. The quantitative estimate of drug-likeness (QED) is 0.304. The summed E-state index contributed by atoms with van der Waals surface area (Å²) in [6, 6.07) is 6.85. The van der Waals surface area contributed by atoms with E-state index in [1.807, 2.05) is 5.43 Å². The summed E-state index contributed by atoms with van der Waals surface area (Å²) >= 11 is 0. The van der Waals surface area contributed by atoms with Crippen molar-refractivity contribution in [1.29, 1.82) is 0 Å². The lowest BCUT2D eigenvalue weighted by Gasteiger charge is -2.03. The molecule has 86 valence electrons. The number of aryl methyl sites for hydroxylation is 1. The fraction of sp³-hybridized carbons (Fsp3) is 0.200. The van der Waals surface area contributed by atoms with Gasteiger partial charge in [-0.05, 0) is 24.1 Å². The van der Waals surface area contributed by atoms with E-state index in [1.54, 1.807) is 24.3 Å². The normalized spacial score (nSPS) is 9.62. The van der Waals surface area contributed by atoms with Gasteiger partial charge >= 0.3 is 0 Å². The molecule has 6 nitrogen and oxygen atoms in total. The van der Waals surface area contributed by atoms with Crippen LogP contribution < -0.4 is 22.5 Å². The molecular weight excluding hydrogens is 208 g/mol. The minimum Gasteiger partial charge on any atom is -0.294 e. The van der Waals surface area contributed by atoms with Crippen molar-refractivity contribution in [3.8, 4) is 0 Å². The number of nitrogens with one attached hydrogen (secondary N) is 2. The van der Waals surface area contributed by atoms with Gasteiger partial charge in [-0.15, -0.1) is 0 Å². The molecule has 0 saturated heterocycles. The number of carbonyl (C=O) groups excluding carboxylic acids is 2. The van der Waals surface area contributed by atoms with E-state index in [2.05, 4.69) is 5.43 Å². The highest BCUT2D eigenvalue weighted by molar-refractivity contribution is 5.93. The van der Waals surface area contributed by atoms with Crippen LogP contribution in [0.4, 0.5) is 0 Å². The molecule has 6 N–H and O–H groups in total. The zero-order valence-electron chi connectivity index (χ0n) is 8.69. The summed E-state index contributed by atoms with van der Waals surface area (Å²) in [5.41, 5.74) is 5.53. The average Bonchev–Trinajstić information content (AvgIpc) is 2.35. The van der Waals surface area contributed by atoms with Crippen molar-refractivity contribution in [3.63, 3.8) is 0 Å². The summed E-state index contributed by atoms with van der Waals surface area (Å²) in [5, 5.41) is 0. The third-order valence-corrected chi connectivity index (χ3v) is 2.15. The van der Waals surface area contributed by atoms with Gasteiger partial charge in [-0.2, -0.15) is 0 Å². The minimum atomic E-state index is -0.341. The van der Waals surface area contributed by atoms with Crippen LogP contribution in [-0.4, -0.2) is 11.8 Å². The lowest BCUT2D eigenvalue weighted by molar-refractivity contribution is -0.121. The Kier molecular flexibility index (Phi) is 4.43. The van der Waals surface area contributed by atoms with E-state index in [0.717, 1.165) is 5.56 Å². The maximum Gasteiger partial charge on any atom is 0.265 e. The molecule has 0 aromatic heterocycles. The van der Waals surface area contributed by atoms with Gasteiger partial charge in [0.05, 0.1) is 0 Å². The number of hydrogen-bond donors (Lipinski definition) is 4. The van der Waals surface area contributed by atoms with Crippen LogP contribution in [0.5, 0.6) is 0 Å². The molecule has 0 radical (unpaired) electrons. The molecule has 1 aromatic rings. The third-order valence-electron chi connectivity index (χ3n) is 2.15. The van der Waals surface area contributed by atoms with Crippen molar-refractivity contribution in [2.24, 2.45) is 11.7 Å². The molecule has 0 bridgehead atoms. The second-order valence-corrected chi connectivity index (χ2v) is 3.24. The molecule has 0 aliphatic rings. The Morgan fingerprint density at radius 1 is 1.06 bits per heavy atom. The molecule has 0 saturated carbocycles. The van der Waals surface area contributed by atoms with Crippen LogP contribution in [0, 0.1) is 0 Å². The van der Waals surface area contributed by atoms with Gasteiger partial charge in [0.15, 0.2) is 0 Å². The summed E-state index contributed by atoms with van der Waals surface area (Å²) in [5.74, 6) is 9.38. The number of rotatable bonds is 4. The molecule has 0 heterocycles. The Bertz CT molecular complexity index is 375. The third kappa shape index (κ3) is 3.34. The molecule has 0 unspecified atom stereocenters. The first-order valence-electron chi connectivity index (χ1n) is 4.76.